The lowest BCUT2D eigenvalue weighted by atomic mass is 9.95. The topological polar surface area (TPSA) is 72.3 Å². The van der Waals surface area contributed by atoms with Gasteiger partial charge in [0, 0.05) is 18.5 Å². The third-order valence-corrected chi connectivity index (χ3v) is 2.10. The summed E-state index contributed by atoms with van der Waals surface area (Å²) >= 11 is 0. The van der Waals surface area contributed by atoms with Crippen LogP contribution in [0, 0.1) is 0 Å². The molecule has 1 fully saturated rings. The maximum atomic E-state index is 10.6. The fourth-order valence-electron chi connectivity index (χ4n) is 1.60. The largest absolute Gasteiger partial charge is 0.370 e. The molecule has 1 saturated heterocycles. The smallest absolute Gasteiger partial charge is 0.219 e. The van der Waals surface area contributed by atoms with Crippen LogP contribution in [-0.4, -0.2) is 36.5 Å². The van der Waals surface area contributed by atoms with E-state index in [0.29, 0.717) is 6.42 Å². The van der Waals surface area contributed by atoms with E-state index in [-0.39, 0.29) is 11.4 Å². The van der Waals surface area contributed by atoms with Crippen molar-refractivity contribution in [1.82, 2.24) is 4.90 Å². The third-order valence-electron chi connectivity index (χ3n) is 2.10. The van der Waals surface area contributed by atoms with Crippen molar-refractivity contribution in [3.8, 4) is 0 Å². The van der Waals surface area contributed by atoms with Crippen LogP contribution in [0.2, 0.25) is 0 Å². The van der Waals surface area contributed by atoms with Crippen molar-refractivity contribution in [3.05, 3.63) is 0 Å². The van der Waals surface area contributed by atoms with Gasteiger partial charge in [0.25, 0.3) is 0 Å². The molecule has 11 heavy (non-hydrogen) atoms. The zero-order valence-corrected chi connectivity index (χ0v) is 6.84. The van der Waals surface area contributed by atoms with Crippen LogP contribution in [0.1, 0.15) is 12.8 Å². The minimum atomic E-state index is -0.361. The molecule has 0 aromatic carbocycles. The number of rotatable bonds is 2. The van der Waals surface area contributed by atoms with Crippen LogP contribution in [0.25, 0.3) is 0 Å². The Bertz CT molecular complexity index is 171. The standard InChI is InChI=1S/C7H15N3O/c1-10-3-2-7(9,5-10)4-6(8)11/h2-5,9H2,1H3,(H2,8,11). The zero-order chi connectivity index (χ0) is 8.48. The van der Waals surface area contributed by atoms with Gasteiger partial charge in [-0.2, -0.15) is 0 Å². The van der Waals surface area contributed by atoms with Crippen LogP contribution in [-0.2, 0) is 4.79 Å². The summed E-state index contributed by atoms with van der Waals surface area (Å²) in [5.41, 5.74) is 10.6. The molecule has 0 spiro atoms. The molecule has 4 nitrogen and oxygen atoms in total. The fourth-order valence-corrected chi connectivity index (χ4v) is 1.60. The minimum absolute atomic E-state index is 0.303. The first-order valence-electron chi connectivity index (χ1n) is 3.78. The number of amides is 1. The number of hydrogen-bond donors (Lipinski definition) is 2. The number of primary amides is 1. The highest BCUT2D eigenvalue weighted by Gasteiger charge is 2.33. The molecule has 4 heteroatoms. The van der Waals surface area contributed by atoms with E-state index in [1.54, 1.807) is 0 Å². The van der Waals surface area contributed by atoms with Crippen molar-refractivity contribution in [2.75, 3.05) is 20.1 Å². The van der Waals surface area contributed by atoms with E-state index < -0.39 is 0 Å². The lowest BCUT2D eigenvalue weighted by Crippen LogP contribution is -2.45. The summed E-state index contributed by atoms with van der Waals surface area (Å²) in [6.07, 6.45) is 1.17. The highest BCUT2D eigenvalue weighted by molar-refractivity contribution is 5.75. The van der Waals surface area contributed by atoms with Gasteiger partial charge in [-0.05, 0) is 20.0 Å². The van der Waals surface area contributed by atoms with Crippen molar-refractivity contribution in [3.63, 3.8) is 0 Å². The first-order valence-corrected chi connectivity index (χ1v) is 3.78. The van der Waals surface area contributed by atoms with Crippen molar-refractivity contribution >= 4 is 5.91 Å². The van der Waals surface area contributed by atoms with E-state index in [0.717, 1.165) is 19.5 Å². The summed E-state index contributed by atoms with van der Waals surface area (Å²) in [6, 6.07) is 0. The number of hydrogen-bond acceptors (Lipinski definition) is 3. The Morgan fingerprint density at radius 1 is 1.73 bits per heavy atom. The SMILES string of the molecule is CN1CCC(N)(CC(N)=O)C1. The van der Waals surface area contributed by atoms with E-state index in [2.05, 4.69) is 4.90 Å². The molecule has 1 aliphatic heterocycles. The van der Waals surface area contributed by atoms with E-state index >= 15 is 0 Å². The Morgan fingerprint density at radius 3 is 2.73 bits per heavy atom. The molecular formula is C7H15N3O. The van der Waals surface area contributed by atoms with Crippen molar-refractivity contribution in [2.45, 2.75) is 18.4 Å². The number of nitrogens with two attached hydrogens (primary N) is 2. The van der Waals surface area contributed by atoms with Crippen LogP contribution in [0.4, 0.5) is 0 Å². The van der Waals surface area contributed by atoms with Gasteiger partial charge < -0.3 is 16.4 Å². The second kappa shape index (κ2) is 2.79. The van der Waals surface area contributed by atoms with E-state index in [9.17, 15) is 4.79 Å². The molecule has 0 radical (unpaired) electrons. The van der Waals surface area contributed by atoms with Crippen LogP contribution in [0.5, 0.6) is 0 Å². The lowest BCUT2D eigenvalue weighted by molar-refractivity contribution is -0.119. The van der Waals surface area contributed by atoms with E-state index in [1.165, 1.54) is 0 Å². The molecule has 0 saturated carbocycles. The Morgan fingerprint density at radius 2 is 2.36 bits per heavy atom. The third kappa shape index (κ3) is 2.17. The molecule has 1 aliphatic rings. The lowest BCUT2D eigenvalue weighted by Gasteiger charge is -2.21. The van der Waals surface area contributed by atoms with Gasteiger partial charge in [-0.25, -0.2) is 0 Å². The van der Waals surface area contributed by atoms with Gasteiger partial charge in [-0.15, -0.1) is 0 Å². The van der Waals surface area contributed by atoms with Gasteiger partial charge in [0.15, 0.2) is 0 Å². The molecular weight excluding hydrogens is 142 g/mol. The quantitative estimate of drug-likeness (QED) is 0.534. The molecule has 1 amide bonds. The van der Waals surface area contributed by atoms with Crippen molar-refractivity contribution in [2.24, 2.45) is 11.5 Å². The number of likely N-dealkylation sites (N-methyl/N-ethyl adjacent to an activating group) is 1. The Kier molecular flexibility index (Phi) is 2.15. The Labute approximate surface area is 66.5 Å². The summed E-state index contributed by atoms with van der Waals surface area (Å²) in [6.45, 7) is 1.74. The number of carbonyl (C=O) groups excluding carboxylic acids is 1. The van der Waals surface area contributed by atoms with Crippen LogP contribution in [0.15, 0.2) is 0 Å². The van der Waals surface area contributed by atoms with Crippen LogP contribution < -0.4 is 11.5 Å². The normalized spacial score (nSPS) is 32.5. The van der Waals surface area contributed by atoms with Gasteiger partial charge in [-0.1, -0.05) is 0 Å². The first-order chi connectivity index (χ1) is 5.02. The maximum absolute atomic E-state index is 10.6. The summed E-state index contributed by atoms with van der Waals surface area (Å²) in [5, 5.41) is 0. The summed E-state index contributed by atoms with van der Waals surface area (Å²) in [4.78, 5) is 12.7. The van der Waals surface area contributed by atoms with Crippen LogP contribution >= 0.6 is 0 Å². The molecule has 1 unspecified atom stereocenters. The summed E-state index contributed by atoms with van der Waals surface area (Å²) in [7, 11) is 2.00. The highest BCUT2D eigenvalue weighted by Crippen LogP contribution is 2.19. The van der Waals surface area contributed by atoms with Crippen molar-refractivity contribution in [1.29, 1.82) is 0 Å². The second-order valence-electron chi connectivity index (χ2n) is 3.49. The number of nitrogens with zero attached hydrogens (tertiary/aromatic N) is 1. The van der Waals surface area contributed by atoms with E-state index in [1.807, 2.05) is 7.05 Å². The average Bonchev–Trinajstić information content (AvgIpc) is 2.08. The zero-order valence-electron chi connectivity index (χ0n) is 6.84. The molecule has 64 valence electrons. The summed E-state index contributed by atoms with van der Waals surface area (Å²) < 4.78 is 0. The van der Waals surface area contributed by atoms with Gasteiger partial charge in [0.1, 0.15) is 0 Å². The molecule has 1 rings (SSSR count). The maximum Gasteiger partial charge on any atom is 0.219 e. The Hall–Kier alpha value is -0.610. The second-order valence-corrected chi connectivity index (χ2v) is 3.49. The number of likely N-dealkylation sites (tertiary alicyclic amines) is 1. The molecule has 0 aromatic rings. The molecule has 1 heterocycles. The molecule has 0 aliphatic carbocycles. The highest BCUT2D eigenvalue weighted by atomic mass is 16.1. The molecule has 0 aromatic heterocycles. The van der Waals surface area contributed by atoms with Gasteiger partial charge >= 0.3 is 0 Å². The van der Waals surface area contributed by atoms with Gasteiger partial charge in [0.2, 0.25) is 5.91 Å². The predicted octanol–water partition coefficient (Wildman–Crippen LogP) is -1.11. The first kappa shape index (κ1) is 8.49. The predicted molar refractivity (Wildman–Crippen MR) is 42.8 cm³/mol. The van der Waals surface area contributed by atoms with Crippen molar-refractivity contribution < 1.29 is 4.79 Å². The van der Waals surface area contributed by atoms with Gasteiger partial charge in [0.05, 0.1) is 0 Å². The minimum Gasteiger partial charge on any atom is -0.370 e. The molecule has 4 N–H and O–H groups in total. The van der Waals surface area contributed by atoms with Gasteiger partial charge in [-0.3, -0.25) is 4.79 Å². The van der Waals surface area contributed by atoms with Crippen LogP contribution in [0.3, 0.4) is 0 Å². The summed E-state index contributed by atoms with van der Waals surface area (Å²) in [5.74, 6) is -0.303. The fraction of sp³-hybridized carbons (Fsp3) is 0.857. The molecule has 1 atom stereocenters. The average molecular weight is 157 g/mol. The molecule has 0 bridgehead atoms. The Balaban J connectivity index is 2.48. The monoisotopic (exact) mass is 157 g/mol. The van der Waals surface area contributed by atoms with E-state index in [4.69, 9.17) is 11.5 Å². The number of carbonyl (C=O) groups is 1.